The number of rotatable bonds is 12. The van der Waals surface area contributed by atoms with Crippen LogP contribution in [-0.4, -0.2) is 41.0 Å². The van der Waals surface area contributed by atoms with Gasteiger partial charge in [0.05, 0.1) is 12.0 Å². The first-order valence-corrected chi connectivity index (χ1v) is 14.3. The van der Waals surface area contributed by atoms with Crippen LogP contribution in [0.3, 0.4) is 0 Å². The van der Waals surface area contributed by atoms with Crippen molar-refractivity contribution < 1.29 is 29.3 Å². The summed E-state index contributed by atoms with van der Waals surface area (Å²) in [5, 5.41) is 20.0. The van der Waals surface area contributed by atoms with Gasteiger partial charge in [-0.3, -0.25) is 4.79 Å². The van der Waals surface area contributed by atoms with Crippen molar-refractivity contribution in [3.63, 3.8) is 0 Å². The van der Waals surface area contributed by atoms with Gasteiger partial charge in [-0.15, -0.1) is 0 Å². The lowest BCUT2D eigenvalue weighted by Crippen LogP contribution is -2.30. The van der Waals surface area contributed by atoms with Crippen LogP contribution in [0.15, 0.2) is 18.2 Å². The fourth-order valence-electron chi connectivity index (χ4n) is 6.94. The number of ether oxygens (including phenoxy) is 2. The second-order valence-electron chi connectivity index (χ2n) is 11.3. The molecular formula is C30H44O6. The molecule has 6 nitrogen and oxygen atoms in total. The van der Waals surface area contributed by atoms with Crippen LogP contribution in [0.1, 0.15) is 95.1 Å². The Hall–Kier alpha value is -2.08. The first kappa shape index (κ1) is 27.0. The maximum Gasteiger partial charge on any atom is 0.341 e. The lowest BCUT2D eigenvalue weighted by molar-refractivity contribution is -0.156. The lowest BCUT2D eigenvalue weighted by Gasteiger charge is -2.33. The summed E-state index contributed by atoms with van der Waals surface area (Å²) in [7, 11) is 0. The molecule has 1 aromatic rings. The van der Waals surface area contributed by atoms with Gasteiger partial charge in [0.2, 0.25) is 0 Å². The number of aliphatic hydroxyl groups excluding tert-OH is 1. The summed E-state index contributed by atoms with van der Waals surface area (Å²) in [6, 6.07) is 5.90. The Labute approximate surface area is 215 Å². The number of fused-ring (bicyclic) bond motifs is 2. The molecule has 5 atom stereocenters. The smallest absolute Gasteiger partial charge is 0.341 e. The summed E-state index contributed by atoms with van der Waals surface area (Å²) >= 11 is 0. The Morgan fingerprint density at radius 1 is 1.08 bits per heavy atom. The average molecular weight is 501 g/mol. The highest BCUT2D eigenvalue weighted by Crippen LogP contribution is 2.48. The summed E-state index contributed by atoms with van der Waals surface area (Å²) in [6.45, 7) is 1.85. The maximum absolute atomic E-state index is 12.9. The predicted molar refractivity (Wildman–Crippen MR) is 138 cm³/mol. The number of carbonyl (C=O) groups is 2. The van der Waals surface area contributed by atoms with E-state index in [1.807, 2.05) is 12.1 Å². The standard InChI is InChI=1S/C30H44O6/c1-2-3-5-12-23(36-30(34)20-9-6-4-7-10-20)14-15-24-25-16-21-11-8-13-28(35-19-29(32)33)26(21)17-22(25)18-27(24)31/h8,11,13,20,22-25,27,31H,2-7,9-10,12,14-19H2,1H3,(H,32,33)/t22-,23-,24+,25-,27+/m0/s1. The van der Waals surface area contributed by atoms with Crippen molar-refractivity contribution in [2.45, 2.75) is 109 Å². The molecule has 0 radical (unpaired) electrons. The molecule has 3 aliphatic carbocycles. The van der Waals surface area contributed by atoms with Crippen molar-refractivity contribution in [1.29, 1.82) is 0 Å². The zero-order chi connectivity index (χ0) is 25.5. The van der Waals surface area contributed by atoms with Gasteiger partial charge < -0.3 is 19.7 Å². The quantitative estimate of drug-likeness (QED) is 0.282. The summed E-state index contributed by atoms with van der Waals surface area (Å²) < 4.78 is 11.7. The number of carboxylic acid groups (broad SMARTS) is 1. The monoisotopic (exact) mass is 500 g/mol. The van der Waals surface area contributed by atoms with E-state index in [1.54, 1.807) is 0 Å². The number of benzene rings is 1. The van der Waals surface area contributed by atoms with E-state index < -0.39 is 5.97 Å². The third kappa shape index (κ3) is 6.81. The number of esters is 1. The third-order valence-corrected chi connectivity index (χ3v) is 8.87. The molecule has 2 fully saturated rings. The van der Waals surface area contributed by atoms with E-state index >= 15 is 0 Å². The van der Waals surface area contributed by atoms with Gasteiger partial charge >= 0.3 is 11.9 Å². The number of hydrogen-bond acceptors (Lipinski definition) is 5. The molecule has 0 saturated heterocycles. The topological polar surface area (TPSA) is 93.1 Å². The van der Waals surface area contributed by atoms with Crippen molar-refractivity contribution in [2.24, 2.45) is 23.7 Å². The fraction of sp³-hybridized carbons (Fsp3) is 0.733. The minimum absolute atomic E-state index is 0.00142. The summed E-state index contributed by atoms with van der Waals surface area (Å²) in [4.78, 5) is 23.9. The Balaban J connectivity index is 1.38. The number of carboxylic acids is 1. The normalized spacial score (nSPS) is 26.6. The summed E-state index contributed by atoms with van der Waals surface area (Å²) in [6.07, 6.45) is 13.5. The molecule has 36 heavy (non-hydrogen) atoms. The zero-order valence-electron chi connectivity index (χ0n) is 21.8. The number of unbranched alkanes of at least 4 members (excludes halogenated alkanes) is 2. The molecule has 0 amide bonds. The van der Waals surface area contributed by atoms with Crippen LogP contribution in [-0.2, 0) is 27.2 Å². The van der Waals surface area contributed by atoms with Gasteiger partial charge in [0, 0.05) is 0 Å². The van der Waals surface area contributed by atoms with Gasteiger partial charge in [0.1, 0.15) is 11.9 Å². The number of aliphatic hydroxyl groups is 1. The van der Waals surface area contributed by atoms with Crippen molar-refractivity contribution in [3.8, 4) is 5.75 Å². The minimum atomic E-state index is -0.977. The highest BCUT2D eigenvalue weighted by molar-refractivity contribution is 5.72. The lowest BCUT2D eigenvalue weighted by atomic mass is 9.73. The van der Waals surface area contributed by atoms with Crippen LogP contribution >= 0.6 is 0 Å². The van der Waals surface area contributed by atoms with Gasteiger partial charge in [-0.1, -0.05) is 51.2 Å². The van der Waals surface area contributed by atoms with Crippen molar-refractivity contribution >= 4 is 11.9 Å². The molecule has 200 valence electrons. The van der Waals surface area contributed by atoms with Crippen molar-refractivity contribution in [1.82, 2.24) is 0 Å². The van der Waals surface area contributed by atoms with E-state index in [4.69, 9.17) is 14.6 Å². The molecule has 2 N–H and O–H groups in total. The molecule has 6 heteroatoms. The van der Waals surface area contributed by atoms with Crippen LogP contribution < -0.4 is 4.74 Å². The van der Waals surface area contributed by atoms with Crippen molar-refractivity contribution in [2.75, 3.05) is 6.61 Å². The zero-order valence-corrected chi connectivity index (χ0v) is 21.8. The molecule has 2 saturated carbocycles. The molecule has 0 aromatic heterocycles. The van der Waals surface area contributed by atoms with E-state index in [9.17, 15) is 14.7 Å². The van der Waals surface area contributed by atoms with Gasteiger partial charge in [0.25, 0.3) is 0 Å². The van der Waals surface area contributed by atoms with E-state index in [0.29, 0.717) is 17.6 Å². The predicted octanol–water partition coefficient (Wildman–Crippen LogP) is 5.71. The molecule has 1 aromatic carbocycles. The highest BCUT2D eigenvalue weighted by atomic mass is 16.5. The van der Waals surface area contributed by atoms with E-state index in [0.717, 1.165) is 89.0 Å². The van der Waals surface area contributed by atoms with Crippen LogP contribution in [0.25, 0.3) is 0 Å². The molecular weight excluding hydrogens is 456 g/mol. The van der Waals surface area contributed by atoms with Gasteiger partial charge in [-0.2, -0.15) is 0 Å². The molecule has 0 heterocycles. The highest BCUT2D eigenvalue weighted by Gasteiger charge is 2.45. The first-order chi connectivity index (χ1) is 17.5. The number of hydrogen-bond donors (Lipinski definition) is 2. The van der Waals surface area contributed by atoms with E-state index in [-0.39, 0.29) is 36.6 Å². The molecule has 0 spiro atoms. The van der Waals surface area contributed by atoms with Crippen molar-refractivity contribution in [3.05, 3.63) is 29.3 Å². The Bertz CT molecular complexity index is 876. The average Bonchev–Trinajstić information content (AvgIpc) is 3.18. The maximum atomic E-state index is 12.9. The van der Waals surface area contributed by atoms with Crippen LogP contribution in [0.5, 0.6) is 5.75 Å². The van der Waals surface area contributed by atoms with Gasteiger partial charge in [-0.05, 0) is 92.7 Å². The molecule has 0 bridgehead atoms. The van der Waals surface area contributed by atoms with Gasteiger partial charge in [-0.25, -0.2) is 4.79 Å². The number of carbonyl (C=O) groups excluding carboxylic acids is 1. The second-order valence-corrected chi connectivity index (χ2v) is 11.3. The first-order valence-electron chi connectivity index (χ1n) is 14.3. The number of aliphatic carboxylic acids is 1. The largest absolute Gasteiger partial charge is 0.482 e. The molecule has 0 aliphatic heterocycles. The Morgan fingerprint density at radius 3 is 2.64 bits per heavy atom. The second kappa shape index (κ2) is 12.9. The minimum Gasteiger partial charge on any atom is -0.482 e. The van der Waals surface area contributed by atoms with Crippen LogP contribution in [0.2, 0.25) is 0 Å². The molecule has 0 unspecified atom stereocenters. The SMILES string of the molecule is CCCCC[C@@H](CC[C@@H]1[C@H]2Cc3cccc(OCC(=O)O)c3C[C@H]2C[C@H]1O)OC(=O)C1CCCCC1. The molecule has 4 rings (SSSR count). The Morgan fingerprint density at radius 2 is 1.89 bits per heavy atom. The van der Waals surface area contributed by atoms with E-state index in [2.05, 4.69) is 13.0 Å². The summed E-state index contributed by atoms with van der Waals surface area (Å²) in [5.41, 5.74) is 2.31. The van der Waals surface area contributed by atoms with Crippen LogP contribution in [0.4, 0.5) is 0 Å². The van der Waals surface area contributed by atoms with Gasteiger partial charge in [0.15, 0.2) is 6.61 Å². The Kier molecular flexibility index (Phi) is 9.69. The summed E-state index contributed by atoms with van der Waals surface area (Å²) in [5.74, 6) is 0.729. The van der Waals surface area contributed by atoms with E-state index in [1.165, 1.54) is 12.0 Å². The third-order valence-electron chi connectivity index (χ3n) is 8.87. The molecule has 3 aliphatic rings. The van der Waals surface area contributed by atoms with Crippen LogP contribution in [0, 0.1) is 23.7 Å². The fourth-order valence-corrected chi connectivity index (χ4v) is 6.94.